The summed E-state index contributed by atoms with van der Waals surface area (Å²) in [6.45, 7) is 1.29. The van der Waals surface area contributed by atoms with E-state index in [-0.39, 0.29) is 6.04 Å². The van der Waals surface area contributed by atoms with E-state index < -0.39 is 0 Å². The first-order valence-corrected chi connectivity index (χ1v) is 6.69. The molecule has 1 rings (SSSR count). The minimum atomic E-state index is 0.229. The summed E-state index contributed by atoms with van der Waals surface area (Å²) in [5.74, 6) is 0.601. The summed E-state index contributed by atoms with van der Waals surface area (Å²) in [5, 5.41) is 4.53. The minimum Gasteiger partial charge on any atom is -0.383 e. The van der Waals surface area contributed by atoms with Gasteiger partial charge >= 0.3 is 0 Å². The molecule has 0 aliphatic carbocycles. The van der Waals surface area contributed by atoms with Crippen molar-refractivity contribution in [2.75, 3.05) is 19.6 Å². The number of hydrogen-bond acceptors (Lipinski definition) is 2. The van der Waals surface area contributed by atoms with E-state index in [1.54, 1.807) is 13.2 Å². The first-order valence-electron chi connectivity index (χ1n) is 5.40. The molecule has 0 saturated heterocycles. The van der Waals surface area contributed by atoms with Crippen LogP contribution in [0.3, 0.4) is 0 Å². The van der Waals surface area contributed by atoms with Crippen LogP contribution in [0, 0.1) is 0 Å². The van der Waals surface area contributed by atoms with Crippen LogP contribution < -0.4 is 5.32 Å². The molecule has 0 saturated carbocycles. The number of hydrogen-bond donors (Lipinski definition) is 1. The minimum absolute atomic E-state index is 0.229. The molecule has 0 bridgehead atoms. The summed E-state index contributed by atoms with van der Waals surface area (Å²) in [6, 6.07) is 5.84. The molecule has 0 heterocycles. The second kappa shape index (κ2) is 8.17. The molecule has 96 valence electrons. The number of alkyl halides is 1. The monoisotopic (exact) mass is 295 g/mol. The van der Waals surface area contributed by atoms with Gasteiger partial charge in [-0.3, -0.25) is 0 Å². The summed E-state index contributed by atoms with van der Waals surface area (Å²) in [4.78, 5) is 0. The normalized spacial score (nSPS) is 12.7. The maximum atomic E-state index is 6.10. The first kappa shape index (κ1) is 15.1. The van der Waals surface area contributed by atoms with Gasteiger partial charge in [0.05, 0.1) is 16.7 Å². The second-order valence-electron chi connectivity index (χ2n) is 3.72. The smallest absolute Gasteiger partial charge is 0.0637 e. The van der Waals surface area contributed by atoms with Crippen LogP contribution in [0.4, 0.5) is 0 Å². The maximum Gasteiger partial charge on any atom is 0.0637 e. The lowest BCUT2D eigenvalue weighted by Crippen LogP contribution is -2.33. The fourth-order valence-corrected chi connectivity index (χ4v) is 2.17. The summed E-state index contributed by atoms with van der Waals surface area (Å²) >= 11 is 17.8. The van der Waals surface area contributed by atoms with Gasteiger partial charge in [-0.15, -0.1) is 11.6 Å². The van der Waals surface area contributed by atoms with Gasteiger partial charge in [-0.25, -0.2) is 0 Å². The van der Waals surface area contributed by atoms with Crippen molar-refractivity contribution in [3.63, 3.8) is 0 Å². The zero-order valence-electron chi connectivity index (χ0n) is 9.68. The molecular weight excluding hydrogens is 280 g/mol. The molecule has 1 atom stereocenters. The molecule has 0 aliphatic heterocycles. The highest BCUT2D eigenvalue weighted by Gasteiger charge is 2.09. The number of benzene rings is 1. The van der Waals surface area contributed by atoms with E-state index in [4.69, 9.17) is 39.5 Å². The van der Waals surface area contributed by atoms with Gasteiger partial charge in [0.1, 0.15) is 0 Å². The summed E-state index contributed by atoms with van der Waals surface area (Å²) in [6.07, 6.45) is 0.855. The van der Waals surface area contributed by atoms with Crippen molar-refractivity contribution in [2.24, 2.45) is 0 Å². The molecule has 0 amide bonds. The Morgan fingerprint density at radius 1 is 1.35 bits per heavy atom. The fourth-order valence-electron chi connectivity index (χ4n) is 1.52. The zero-order valence-corrected chi connectivity index (χ0v) is 11.9. The molecule has 1 unspecified atom stereocenters. The molecule has 5 heteroatoms. The van der Waals surface area contributed by atoms with Gasteiger partial charge in [0.25, 0.3) is 0 Å². The standard InChI is InChI=1S/C12H16Cl3NO/c1-17-8-10(5-6-13)16-7-9-3-2-4-11(14)12(9)15/h2-4,10,16H,5-8H2,1H3. The topological polar surface area (TPSA) is 21.3 Å². The third-order valence-electron chi connectivity index (χ3n) is 2.44. The third kappa shape index (κ3) is 5.02. The lowest BCUT2D eigenvalue weighted by Gasteiger charge is -2.17. The summed E-state index contributed by atoms with van der Waals surface area (Å²) < 4.78 is 5.12. The van der Waals surface area contributed by atoms with Gasteiger partial charge in [0.2, 0.25) is 0 Å². The lowest BCUT2D eigenvalue weighted by molar-refractivity contribution is 0.164. The third-order valence-corrected chi connectivity index (χ3v) is 3.51. The molecule has 1 aromatic rings. The molecule has 1 N–H and O–H groups in total. The SMILES string of the molecule is COCC(CCCl)NCc1cccc(Cl)c1Cl. The second-order valence-corrected chi connectivity index (χ2v) is 4.89. The Morgan fingerprint density at radius 2 is 2.12 bits per heavy atom. The highest BCUT2D eigenvalue weighted by Crippen LogP contribution is 2.25. The molecule has 0 aromatic heterocycles. The Hall–Kier alpha value is 0.01000. The molecule has 0 aliphatic rings. The van der Waals surface area contributed by atoms with Crippen LogP contribution in [0.5, 0.6) is 0 Å². The van der Waals surface area contributed by atoms with Gasteiger partial charge in [-0.05, 0) is 18.1 Å². The van der Waals surface area contributed by atoms with Crippen LogP contribution in [-0.2, 0) is 11.3 Å². The molecular formula is C12H16Cl3NO. The van der Waals surface area contributed by atoms with Gasteiger partial charge < -0.3 is 10.1 Å². The van der Waals surface area contributed by atoms with Crippen LogP contribution >= 0.6 is 34.8 Å². The maximum absolute atomic E-state index is 6.10. The highest BCUT2D eigenvalue weighted by atomic mass is 35.5. The number of nitrogens with one attached hydrogen (secondary N) is 1. The van der Waals surface area contributed by atoms with E-state index in [1.807, 2.05) is 12.1 Å². The van der Waals surface area contributed by atoms with Crippen molar-refractivity contribution < 1.29 is 4.74 Å². The van der Waals surface area contributed by atoms with Crippen molar-refractivity contribution in [3.05, 3.63) is 33.8 Å². The van der Waals surface area contributed by atoms with Crippen molar-refractivity contribution in [3.8, 4) is 0 Å². The number of rotatable bonds is 7. The Balaban J connectivity index is 2.55. The number of methoxy groups -OCH3 is 1. The largest absolute Gasteiger partial charge is 0.383 e. The predicted octanol–water partition coefficient (Wildman–Crippen LogP) is 3.73. The highest BCUT2D eigenvalue weighted by molar-refractivity contribution is 6.42. The van der Waals surface area contributed by atoms with E-state index >= 15 is 0 Å². The van der Waals surface area contributed by atoms with Crippen LogP contribution in [-0.4, -0.2) is 25.6 Å². The van der Waals surface area contributed by atoms with Gasteiger partial charge in [0, 0.05) is 25.6 Å². The molecule has 0 fully saturated rings. The average molecular weight is 297 g/mol. The first-order chi connectivity index (χ1) is 8.19. The zero-order chi connectivity index (χ0) is 12.7. The van der Waals surface area contributed by atoms with Crippen molar-refractivity contribution >= 4 is 34.8 Å². The van der Waals surface area contributed by atoms with Gasteiger partial charge in [-0.2, -0.15) is 0 Å². The molecule has 0 radical (unpaired) electrons. The predicted molar refractivity (Wildman–Crippen MR) is 74.3 cm³/mol. The van der Waals surface area contributed by atoms with E-state index in [0.717, 1.165) is 12.0 Å². The Bertz CT molecular complexity index is 341. The molecule has 17 heavy (non-hydrogen) atoms. The lowest BCUT2D eigenvalue weighted by atomic mass is 10.2. The fraction of sp³-hybridized carbons (Fsp3) is 0.500. The van der Waals surface area contributed by atoms with E-state index in [9.17, 15) is 0 Å². The molecule has 1 aromatic carbocycles. The summed E-state index contributed by atoms with van der Waals surface area (Å²) in [7, 11) is 1.68. The van der Waals surface area contributed by atoms with Crippen LogP contribution in [0.2, 0.25) is 10.0 Å². The van der Waals surface area contributed by atoms with Crippen molar-refractivity contribution in [2.45, 2.75) is 19.0 Å². The Labute approximate surface area is 117 Å². The Kier molecular flexibility index (Phi) is 7.24. The average Bonchev–Trinajstić information content (AvgIpc) is 2.31. The quantitative estimate of drug-likeness (QED) is 0.774. The van der Waals surface area contributed by atoms with Crippen molar-refractivity contribution in [1.82, 2.24) is 5.32 Å². The van der Waals surface area contributed by atoms with Crippen molar-refractivity contribution in [1.29, 1.82) is 0 Å². The van der Waals surface area contributed by atoms with E-state index in [0.29, 0.717) is 29.1 Å². The van der Waals surface area contributed by atoms with Crippen LogP contribution in [0.15, 0.2) is 18.2 Å². The van der Waals surface area contributed by atoms with E-state index in [2.05, 4.69) is 5.32 Å². The van der Waals surface area contributed by atoms with Crippen LogP contribution in [0.25, 0.3) is 0 Å². The number of halogens is 3. The van der Waals surface area contributed by atoms with Crippen LogP contribution in [0.1, 0.15) is 12.0 Å². The summed E-state index contributed by atoms with van der Waals surface area (Å²) in [5.41, 5.74) is 0.981. The Morgan fingerprint density at radius 3 is 2.76 bits per heavy atom. The van der Waals surface area contributed by atoms with Gasteiger partial charge in [-0.1, -0.05) is 35.3 Å². The van der Waals surface area contributed by atoms with E-state index in [1.165, 1.54) is 0 Å². The van der Waals surface area contributed by atoms with Gasteiger partial charge in [0.15, 0.2) is 0 Å². The molecule has 0 spiro atoms. The molecule has 2 nitrogen and oxygen atoms in total. The number of ether oxygens (including phenoxy) is 1.